The summed E-state index contributed by atoms with van der Waals surface area (Å²) in [6, 6.07) is 8.44. The van der Waals surface area contributed by atoms with Gasteiger partial charge in [-0.2, -0.15) is 0 Å². The van der Waals surface area contributed by atoms with E-state index >= 15 is 0 Å². The lowest BCUT2D eigenvalue weighted by Gasteiger charge is -2.14. The first-order valence-corrected chi connectivity index (χ1v) is 9.39. The Morgan fingerprint density at radius 2 is 1.71 bits per heavy atom. The molecular formula is C21H26ClNO5. The van der Waals surface area contributed by atoms with E-state index in [1.807, 2.05) is 0 Å². The maximum atomic E-state index is 12.8. The van der Waals surface area contributed by atoms with E-state index in [0.717, 1.165) is 18.4 Å². The van der Waals surface area contributed by atoms with Crippen LogP contribution in [0.3, 0.4) is 0 Å². The zero-order valence-electron chi connectivity index (χ0n) is 16.6. The van der Waals surface area contributed by atoms with Crippen molar-refractivity contribution in [2.24, 2.45) is 0 Å². The number of halogens is 1. The van der Waals surface area contributed by atoms with Crippen molar-refractivity contribution < 1.29 is 23.7 Å². The minimum absolute atomic E-state index is 0.292. The number of amides is 1. The van der Waals surface area contributed by atoms with Gasteiger partial charge in [-0.25, -0.2) is 0 Å². The van der Waals surface area contributed by atoms with Crippen molar-refractivity contribution >= 4 is 23.2 Å². The molecule has 1 amide bonds. The fourth-order valence-corrected chi connectivity index (χ4v) is 2.84. The van der Waals surface area contributed by atoms with Gasteiger partial charge in [-0.05, 0) is 24.6 Å². The summed E-state index contributed by atoms with van der Waals surface area (Å²) in [7, 11) is 4.61. The van der Waals surface area contributed by atoms with Gasteiger partial charge in [0.15, 0.2) is 0 Å². The van der Waals surface area contributed by atoms with Crippen LogP contribution in [0.1, 0.15) is 35.7 Å². The Hall–Kier alpha value is -2.44. The van der Waals surface area contributed by atoms with Crippen LogP contribution in [0.25, 0.3) is 0 Å². The van der Waals surface area contributed by atoms with Crippen molar-refractivity contribution in [3.63, 3.8) is 0 Å². The average molecular weight is 408 g/mol. The van der Waals surface area contributed by atoms with Crippen LogP contribution in [0.4, 0.5) is 5.69 Å². The number of methoxy groups -OCH3 is 3. The quantitative estimate of drug-likeness (QED) is 0.565. The van der Waals surface area contributed by atoms with Crippen LogP contribution >= 0.6 is 11.6 Å². The number of rotatable bonds is 10. The molecule has 0 aromatic heterocycles. The minimum atomic E-state index is -0.292. The summed E-state index contributed by atoms with van der Waals surface area (Å²) in [5, 5.41) is 3.23. The number of unbranched alkanes of at least 4 members (excludes halogenated alkanes) is 1. The molecule has 0 spiro atoms. The Morgan fingerprint density at radius 1 is 1.00 bits per heavy atom. The van der Waals surface area contributed by atoms with E-state index in [9.17, 15) is 4.79 Å². The van der Waals surface area contributed by atoms with Gasteiger partial charge in [0.2, 0.25) is 0 Å². The highest BCUT2D eigenvalue weighted by Crippen LogP contribution is 2.36. The molecule has 28 heavy (non-hydrogen) atoms. The molecule has 0 aliphatic heterocycles. The normalized spacial score (nSPS) is 10.5. The van der Waals surface area contributed by atoms with E-state index in [4.69, 9.17) is 30.5 Å². The Balaban J connectivity index is 2.22. The summed E-state index contributed by atoms with van der Waals surface area (Å²) in [4.78, 5) is 12.8. The van der Waals surface area contributed by atoms with Gasteiger partial charge in [0.1, 0.15) is 17.2 Å². The molecule has 0 heterocycles. The van der Waals surface area contributed by atoms with Gasteiger partial charge < -0.3 is 24.3 Å². The second-order valence-electron chi connectivity index (χ2n) is 6.07. The number of hydrogen-bond donors (Lipinski definition) is 1. The van der Waals surface area contributed by atoms with Gasteiger partial charge >= 0.3 is 0 Å². The third kappa shape index (κ3) is 5.53. The molecule has 2 aromatic carbocycles. The van der Waals surface area contributed by atoms with Crippen molar-refractivity contribution in [2.75, 3.05) is 33.3 Å². The molecule has 0 bridgehead atoms. The van der Waals surface area contributed by atoms with Gasteiger partial charge in [0.25, 0.3) is 5.91 Å². The molecule has 0 aliphatic carbocycles. The summed E-state index contributed by atoms with van der Waals surface area (Å²) in [6.07, 6.45) is 2.05. The number of hydrogen-bond acceptors (Lipinski definition) is 5. The molecule has 6 nitrogen and oxygen atoms in total. The van der Waals surface area contributed by atoms with E-state index in [-0.39, 0.29) is 5.91 Å². The molecule has 0 saturated heterocycles. The van der Waals surface area contributed by atoms with E-state index in [0.29, 0.717) is 46.7 Å². The van der Waals surface area contributed by atoms with Gasteiger partial charge in [0.05, 0.1) is 38.6 Å². The smallest absolute Gasteiger partial charge is 0.255 e. The predicted molar refractivity (Wildman–Crippen MR) is 110 cm³/mol. The zero-order chi connectivity index (χ0) is 20.5. The van der Waals surface area contributed by atoms with Crippen LogP contribution in [0, 0.1) is 0 Å². The van der Waals surface area contributed by atoms with E-state index in [1.165, 1.54) is 14.2 Å². The summed E-state index contributed by atoms with van der Waals surface area (Å²) >= 11 is 6.11. The van der Waals surface area contributed by atoms with Crippen LogP contribution in [-0.2, 0) is 11.3 Å². The molecule has 0 unspecified atom stereocenters. The second kappa shape index (κ2) is 10.8. The van der Waals surface area contributed by atoms with E-state index in [1.54, 1.807) is 37.4 Å². The molecule has 2 aromatic rings. The summed E-state index contributed by atoms with van der Waals surface area (Å²) in [5.41, 5.74) is 1.75. The average Bonchev–Trinajstić information content (AvgIpc) is 2.71. The van der Waals surface area contributed by atoms with Gasteiger partial charge in [-0.15, -0.1) is 0 Å². The third-order valence-electron chi connectivity index (χ3n) is 4.16. The minimum Gasteiger partial charge on any atom is -0.496 e. The van der Waals surface area contributed by atoms with Crippen LogP contribution in [0.15, 0.2) is 30.3 Å². The summed E-state index contributed by atoms with van der Waals surface area (Å²) in [6.45, 7) is 3.15. The fraction of sp³-hybridized carbons (Fsp3) is 0.381. The number of benzene rings is 2. The number of ether oxygens (including phenoxy) is 4. The Kier molecular flexibility index (Phi) is 8.42. The standard InChI is InChI=1S/C21H26ClNO5/c1-5-6-9-28-13-15-10-14(7-8-18(15)25-2)21(24)23-17-12-19(26-3)16(22)11-20(17)27-4/h7-8,10-12H,5-6,9,13H2,1-4H3,(H,23,24). The third-order valence-corrected chi connectivity index (χ3v) is 4.46. The van der Waals surface area contributed by atoms with Crippen molar-refractivity contribution in [2.45, 2.75) is 26.4 Å². The lowest BCUT2D eigenvalue weighted by atomic mass is 10.1. The maximum Gasteiger partial charge on any atom is 0.255 e. The first-order chi connectivity index (χ1) is 13.5. The van der Waals surface area contributed by atoms with Crippen LogP contribution < -0.4 is 19.5 Å². The number of carbonyl (C=O) groups is 1. The zero-order valence-corrected chi connectivity index (χ0v) is 17.4. The van der Waals surface area contributed by atoms with Crippen molar-refractivity contribution in [3.8, 4) is 17.2 Å². The highest BCUT2D eigenvalue weighted by molar-refractivity contribution is 6.32. The second-order valence-corrected chi connectivity index (χ2v) is 6.48. The molecule has 0 saturated carbocycles. The van der Waals surface area contributed by atoms with Crippen molar-refractivity contribution in [3.05, 3.63) is 46.5 Å². The molecule has 0 fully saturated rings. The highest BCUT2D eigenvalue weighted by atomic mass is 35.5. The van der Waals surface area contributed by atoms with Crippen LogP contribution in [-0.4, -0.2) is 33.8 Å². The molecule has 0 aliphatic rings. The number of nitrogens with one attached hydrogen (secondary N) is 1. The van der Waals surface area contributed by atoms with Gasteiger partial charge in [0, 0.05) is 29.9 Å². The molecule has 7 heteroatoms. The Bertz CT molecular complexity index is 810. The number of anilines is 1. The van der Waals surface area contributed by atoms with Crippen LogP contribution in [0.5, 0.6) is 17.2 Å². The predicted octanol–water partition coefficient (Wildman–Crippen LogP) is 4.93. The molecule has 1 N–H and O–H groups in total. The van der Waals surface area contributed by atoms with Gasteiger partial charge in [-0.1, -0.05) is 24.9 Å². The first-order valence-electron chi connectivity index (χ1n) is 9.01. The molecule has 152 valence electrons. The Morgan fingerprint density at radius 3 is 2.36 bits per heavy atom. The molecule has 0 atom stereocenters. The van der Waals surface area contributed by atoms with Gasteiger partial charge in [-0.3, -0.25) is 4.79 Å². The fourth-order valence-electron chi connectivity index (χ4n) is 2.61. The van der Waals surface area contributed by atoms with Crippen LogP contribution in [0.2, 0.25) is 5.02 Å². The highest BCUT2D eigenvalue weighted by Gasteiger charge is 2.15. The van der Waals surface area contributed by atoms with E-state index in [2.05, 4.69) is 12.2 Å². The lowest BCUT2D eigenvalue weighted by Crippen LogP contribution is -2.13. The SMILES string of the molecule is CCCCOCc1cc(C(=O)Nc2cc(OC)c(Cl)cc2OC)ccc1OC. The monoisotopic (exact) mass is 407 g/mol. The maximum absolute atomic E-state index is 12.8. The van der Waals surface area contributed by atoms with Crippen molar-refractivity contribution in [1.82, 2.24) is 0 Å². The first kappa shape index (κ1) is 21.9. The van der Waals surface area contributed by atoms with E-state index < -0.39 is 0 Å². The Labute approximate surface area is 170 Å². The topological polar surface area (TPSA) is 66.0 Å². The lowest BCUT2D eigenvalue weighted by molar-refractivity contribution is 0.102. The molecule has 0 radical (unpaired) electrons. The molecule has 2 rings (SSSR count). The summed E-state index contributed by atoms with van der Waals surface area (Å²) in [5.74, 6) is 1.27. The summed E-state index contributed by atoms with van der Waals surface area (Å²) < 4.78 is 21.6. The molecular weight excluding hydrogens is 382 g/mol. The van der Waals surface area contributed by atoms with Crippen molar-refractivity contribution in [1.29, 1.82) is 0 Å². The largest absolute Gasteiger partial charge is 0.496 e. The number of carbonyl (C=O) groups excluding carboxylic acids is 1.